The summed E-state index contributed by atoms with van der Waals surface area (Å²) in [6, 6.07) is 7.32. The van der Waals surface area contributed by atoms with E-state index in [2.05, 4.69) is 4.74 Å². The molecule has 0 saturated carbocycles. The molecule has 0 aliphatic heterocycles. The highest BCUT2D eigenvalue weighted by molar-refractivity contribution is 5.89. The molecule has 0 amide bonds. The van der Waals surface area contributed by atoms with E-state index in [0.717, 1.165) is 6.07 Å². The summed E-state index contributed by atoms with van der Waals surface area (Å²) in [5.41, 5.74) is 0.210. The van der Waals surface area contributed by atoms with Gasteiger partial charge >= 0.3 is 11.9 Å². The van der Waals surface area contributed by atoms with Crippen LogP contribution in [0.5, 0.6) is 5.75 Å². The molecular weight excluding hydrogens is 356 g/mol. The number of aromatic hydroxyl groups is 1. The van der Waals surface area contributed by atoms with E-state index >= 15 is 0 Å². The number of hydrogen-bond donors (Lipinski definition) is 1. The van der Waals surface area contributed by atoms with E-state index in [1.807, 2.05) is 0 Å². The van der Waals surface area contributed by atoms with Crippen LogP contribution in [0.3, 0.4) is 0 Å². The third-order valence-electron chi connectivity index (χ3n) is 3.94. The summed E-state index contributed by atoms with van der Waals surface area (Å²) in [6.07, 6.45) is -0.180. The number of carbonyl (C=O) groups is 2. The molecule has 0 saturated heterocycles. The van der Waals surface area contributed by atoms with Crippen molar-refractivity contribution in [3.05, 3.63) is 63.2 Å². The van der Waals surface area contributed by atoms with Crippen LogP contribution in [-0.4, -0.2) is 38.4 Å². The molecule has 0 fully saturated rings. The molecule has 0 aliphatic carbocycles. The van der Waals surface area contributed by atoms with Gasteiger partial charge in [-0.3, -0.25) is 9.59 Å². The lowest BCUT2D eigenvalue weighted by molar-refractivity contribution is -0.140. The summed E-state index contributed by atoms with van der Waals surface area (Å²) < 4.78 is 19.9. The van der Waals surface area contributed by atoms with Crippen molar-refractivity contribution in [1.29, 1.82) is 0 Å². The van der Waals surface area contributed by atoms with Gasteiger partial charge in [-0.1, -0.05) is 12.1 Å². The molecule has 0 bridgehead atoms. The first-order chi connectivity index (χ1) is 12.9. The van der Waals surface area contributed by atoms with Crippen LogP contribution in [0.15, 0.2) is 39.5 Å². The van der Waals surface area contributed by atoms with Gasteiger partial charge in [-0.2, -0.15) is 0 Å². The Morgan fingerprint density at radius 2 is 1.78 bits per heavy atom. The van der Waals surface area contributed by atoms with Crippen molar-refractivity contribution in [1.82, 2.24) is 0 Å². The van der Waals surface area contributed by atoms with Gasteiger partial charge in [0, 0.05) is 13.2 Å². The molecule has 0 unspecified atom stereocenters. The molecule has 2 aromatic rings. The van der Waals surface area contributed by atoms with Crippen LogP contribution >= 0.6 is 0 Å². The molecule has 0 aliphatic rings. The molecule has 27 heavy (non-hydrogen) atoms. The quantitative estimate of drug-likeness (QED) is 0.730. The van der Waals surface area contributed by atoms with Crippen LogP contribution in [0, 0.1) is 0 Å². The molecule has 1 N–H and O–H groups in total. The van der Waals surface area contributed by atoms with Crippen molar-refractivity contribution in [3.8, 4) is 5.75 Å². The molecule has 0 radical (unpaired) electrons. The number of esters is 2. The van der Waals surface area contributed by atoms with Crippen molar-refractivity contribution < 1.29 is 33.3 Å². The van der Waals surface area contributed by atoms with Gasteiger partial charge in [0.25, 0.3) is 0 Å². The van der Waals surface area contributed by atoms with Crippen LogP contribution in [0.1, 0.15) is 39.8 Å². The molecule has 2 rings (SSSR count). The highest BCUT2D eigenvalue weighted by Gasteiger charge is 2.26. The fourth-order valence-corrected chi connectivity index (χ4v) is 2.59. The van der Waals surface area contributed by atoms with Crippen molar-refractivity contribution in [2.45, 2.75) is 18.9 Å². The minimum Gasteiger partial charge on any atom is -0.502 e. The second-order valence-electron chi connectivity index (χ2n) is 5.67. The third kappa shape index (κ3) is 4.73. The van der Waals surface area contributed by atoms with E-state index in [-0.39, 0.29) is 24.5 Å². The Hall–Kier alpha value is -3.13. The summed E-state index contributed by atoms with van der Waals surface area (Å²) in [6.45, 7) is 0.0226. The monoisotopic (exact) mass is 376 g/mol. The van der Waals surface area contributed by atoms with Gasteiger partial charge in [0.15, 0.2) is 5.76 Å². The Labute approximate surface area is 155 Å². The van der Waals surface area contributed by atoms with Crippen molar-refractivity contribution in [2.24, 2.45) is 0 Å². The predicted molar refractivity (Wildman–Crippen MR) is 93.6 cm³/mol. The summed E-state index contributed by atoms with van der Waals surface area (Å²) in [4.78, 5) is 35.5. The molecule has 144 valence electrons. The van der Waals surface area contributed by atoms with Gasteiger partial charge in [-0.05, 0) is 17.7 Å². The Kier molecular flexibility index (Phi) is 6.73. The Bertz CT molecular complexity index is 866. The standard InChI is InChI=1S/C19H20O8/c1-24-10-13-8-15(20)17(22)18(27-13)14(9-16(21)25-2)11-4-6-12(7-5-11)19(23)26-3/h4-8,14,22H,9-10H2,1-3H3/t14-/m0/s1. The fraction of sp³-hybridized carbons (Fsp3) is 0.316. The molecule has 1 atom stereocenters. The maximum absolute atomic E-state index is 12.1. The molecule has 1 heterocycles. The molecule has 1 aromatic carbocycles. The number of methoxy groups -OCH3 is 3. The largest absolute Gasteiger partial charge is 0.502 e. The fourth-order valence-electron chi connectivity index (χ4n) is 2.59. The van der Waals surface area contributed by atoms with E-state index in [1.54, 1.807) is 12.1 Å². The van der Waals surface area contributed by atoms with Gasteiger partial charge in [0.05, 0.1) is 32.1 Å². The van der Waals surface area contributed by atoms with Crippen molar-refractivity contribution in [2.75, 3.05) is 21.3 Å². The minimum absolute atomic E-state index is 0.0226. The molecule has 8 heteroatoms. The number of rotatable bonds is 7. The Morgan fingerprint density at radius 3 is 2.33 bits per heavy atom. The Balaban J connectivity index is 2.54. The van der Waals surface area contributed by atoms with E-state index in [4.69, 9.17) is 13.9 Å². The lowest BCUT2D eigenvalue weighted by Crippen LogP contribution is -2.14. The van der Waals surface area contributed by atoms with Gasteiger partial charge < -0.3 is 23.7 Å². The smallest absolute Gasteiger partial charge is 0.337 e. The highest BCUT2D eigenvalue weighted by atomic mass is 16.5. The summed E-state index contributed by atoms with van der Waals surface area (Å²) in [7, 11) is 3.94. The lowest BCUT2D eigenvalue weighted by atomic mass is 9.91. The molecule has 1 aromatic heterocycles. The van der Waals surface area contributed by atoms with Gasteiger partial charge in [-0.25, -0.2) is 4.79 Å². The highest BCUT2D eigenvalue weighted by Crippen LogP contribution is 2.33. The van der Waals surface area contributed by atoms with Gasteiger partial charge in [0.2, 0.25) is 11.2 Å². The maximum atomic E-state index is 12.1. The van der Waals surface area contributed by atoms with Crippen LogP contribution in [-0.2, 0) is 25.6 Å². The second-order valence-corrected chi connectivity index (χ2v) is 5.67. The average Bonchev–Trinajstić information content (AvgIpc) is 2.68. The third-order valence-corrected chi connectivity index (χ3v) is 3.94. The minimum atomic E-state index is -0.798. The van der Waals surface area contributed by atoms with Crippen LogP contribution in [0.25, 0.3) is 0 Å². The topological polar surface area (TPSA) is 112 Å². The first-order valence-electron chi connectivity index (χ1n) is 8.01. The van der Waals surface area contributed by atoms with Crippen LogP contribution < -0.4 is 5.43 Å². The normalized spacial score (nSPS) is 11.7. The maximum Gasteiger partial charge on any atom is 0.337 e. The predicted octanol–water partition coefficient (Wildman–Crippen LogP) is 1.97. The number of benzene rings is 1. The zero-order chi connectivity index (χ0) is 20.0. The number of ether oxygens (including phenoxy) is 3. The second kappa shape index (κ2) is 9.00. The number of carbonyl (C=O) groups excluding carboxylic acids is 2. The average molecular weight is 376 g/mol. The van der Waals surface area contributed by atoms with Crippen molar-refractivity contribution in [3.63, 3.8) is 0 Å². The van der Waals surface area contributed by atoms with Gasteiger partial charge in [-0.15, -0.1) is 0 Å². The lowest BCUT2D eigenvalue weighted by Gasteiger charge is -2.17. The molecule has 8 nitrogen and oxygen atoms in total. The van der Waals surface area contributed by atoms with Crippen LogP contribution in [0.2, 0.25) is 0 Å². The zero-order valence-electron chi connectivity index (χ0n) is 15.2. The molecular formula is C19H20O8. The van der Waals surface area contributed by atoms with E-state index in [1.165, 1.54) is 33.5 Å². The number of hydrogen-bond acceptors (Lipinski definition) is 8. The Morgan fingerprint density at radius 1 is 1.11 bits per heavy atom. The van der Waals surface area contributed by atoms with E-state index < -0.39 is 29.0 Å². The first kappa shape index (κ1) is 20.2. The van der Waals surface area contributed by atoms with Crippen molar-refractivity contribution >= 4 is 11.9 Å². The SMILES string of the molecule is COCc1cc(=O)c(O)c([C@@H](CC(=O)OC)c2ccc(C(=O)OC)cc2)o1. The molecule has 0 spiro atoms. The van der Waals surface area contributed by atoms with Gasteiger partial charge in [0.1, 0.15) is 12.4 Å². The van der Waals surface area contributed by atoms with Crippen LogP contribution in [0.4, 0.5) is 0 Å². The summed E-state index contributed by atoms with van der Waals surface area (Å²) in [5.74, 6) is -2.34. The van der Waals surface area contributed by atoms with E-state index in [0.29, 0.717) is 11.1 Å². The first-order valence-corrected chi connectivity index (χ1v) is 8.01. The van der Waals surface area contributed by atoms with E-state index in [9.17, 15) is 19.5 Å². The summed E-state index contributed by atoms with van der Waals surface area (Å²) in [5, 5.41) is 10.2. The summed E-state index contributed by atoms with van der Waals surface area (Å²) >= 11 is 0. The zero-order valence-corrected chi connectivity index (χ0v) is 15.2.